The molecule has 9 heteroatoms. The Morgan fingerprint density at radius 2 is 1.81 bits per heavy atom. The number of anilines is 1. The molecule has 3 aromatic carbocycles. The summed E-state index contributed by atoms with van der Waals surface area (Å²) in [6.45, 7) is 0. The van der Waals surface area contributed by atoms with Gasteiger partial charge in [0, 0.05) is 29.1 Å². The van der Waals surface area contributed by atoms with Crippen molar-refractivity contribution < 1.29 is 14.1 Å². The smallest absolute Gasteiger partial charge is 0.270 e. The fourth-order valence-electron chi connectivity index (χ4n) is 3.11. The molecule has 0 bridgehead atoms. The predicted molar refractivity (Wildman–Crippen MR) is 121 cm³/mol. The molecule has 4 aromatic rings. The second-order valence-electron chi connectivity index (χ2n) is 6.75. The number of carbonyl (C=O) groups is 1. The number of nitro groups is 1. The highest BCUT2D eigenvalue weighted by Crippen LogP contribution is 2.31. The zero-order chi connectivity index (χ0) is 22.5. The van der Waals surface area contributed by atoms with Gasteiger partial charge in [0.05, 0.1) is 22.6 Å². The average molecular weight is 448 g/mol. The van der Waals surface area contributed by atoms with Crippen LogP contribution in [0.2, 0.25) is 0 Å². The van der Waals surface area contributed by atoms with Crippen LogP contribution in [-0.2, 0) is 4.79 Å². The number of thioether (sulfide) groups is 1. The Morgan fingerprint density at radius 1 is 1.06 bits per heavy atom. The lowest BCUT2D eigenvalue weighted by atomic mass is 10.1. The number of benzene rings is 3. The van der Waals surface area contributed by atoms with Gasteiger partial charge >= 0.3 is 0 Å². The van der Waals surface area contributed by atoms with Crippen molar-refractivity contribution in [3.05, 3.63) is 101 Å². The molecule has 1 amide bonds. The van der Waals surface area contributed by atoms with Gasteiger partial charge < -0.3 is 5.32 Å². The Labute approximate surface area is 187 Å². The van der Waals surface area contributed by atoms with Crippen LogP contribution in [0.3, 0.4) is 0 Å². The normalized spacial score (nSPS) is 10.7. The third-order valence-electron chi connectivity index (χ3n) is 4.56. The minimum Gasteiger partial charge on any atom is -0.325 e. The number of nitrogens with one attached hydrogen (secondary N) is 1. The van der Waals surface area contributed by atoms with E-state index in [1.165, 1.54) is 36.0 Å². The lowest BCUT2D eigenvalue weighted by molar-refractivity contribution is -0.384. The zero-order valence-electron chi connectivity index (χ0n) is 16.6. The van der Waals surface area contributed by atoms with Crippen LogP contribution in [0, 0.1) is 15.9 Å². The minimum atomic E-state index is -0.467. The van der Waals surface area contributed by atoms with Gasteiger partial charge in [0.15, 0.2) is 5.16 Å². The van der Waals surface area contributed by atoms with Crippen LogP contribution in [0.1, 0.15) is 0 Å². The molecule has 1 N–H and O–H groups in total. The molecule has 0 aliphatic carbocycles. The maximum absolute atomic E-state index is 13.5. The molecule has 0 aliphatic rings. The van der Waals surface area contributed by atoms with Crippen LogP contribution in [0.25, 0.3) is 16.9 Å². The Balaban J connectivity index is 1.65. The molecule has 1 heterocycles. The van der Waals surface area contributed by atoms with E-state index in [0.717, 1.165) is 0 Å². The summed E-state index contributed by atoms with van der Waals surface area (Å²) in [5.74, 6) is -0.490. The van der Waals surface area contributed by atoms with E-state index < -0.39 is 4.92 Å². The number of amides is 1. The molecule has 7 nitrogen and oxygen atoms in total. The number of carbonyl (C=O) groups excluding carboxylic acids is 1. The van der Waals surface area contributed by atoms with Gasteiger partial charge in [-0.1, -0.05) is 42.1 Å². The van der Waals surface area contributed by atoms with E-state index in [2.05, 4.69) is 10.3 Å². The SMILES string of the molecule is O=C(CSc1ncc(-c2cccc([N+](=O)[O-])c2)n1-c1ccc(F)cc1)Nc1ccccc1. The van der Waals surface area contributed by atoms with E-state index in [4.69, 9.17) is 0 Å². The Bertz CT molecular complexity index is 1260. The zero-order valence-corrected chi connectivity index (χ0v) is 17.5. The van der Waals surface area contributed by atoms with Gasteiger partial charge in [0.2, 0.25) is 5.91 Å². The van der Waals surface area contributed by atoms with Crippen LogP contribution in [0.15, 0.2) is 90.2 Å². The number of imidazole rings is 1. The van der Waals surface area contributed by atoms with E-state index in [9.17, 15) is 19.3 Å². The fourth-order valence-corrected chi connectivity index (χ4v) is 3.90. The molecule has 0 saturated carbocycles. The highest BCUT2D eigenvalue weighted by molar-refractivity contribution is 7.99. The Hall–Kier alpha value is -3.98. The van der Waals surface area contributed by atoms with E-state index in [1.807, 2.05) is 18.2 Å². The van der Waals surface area contributed by atoms with Crippen molar-refractivity contribution in [2.45, 2.75) is 5.16 Å². The van der Waals surface area contributed by atoms with Gasteiger partial charge in [-0.25, -0.2) is 9.37 Å². The quantitative estimate of drug-likeness (QED) is 0.235. The van der Waals surface area contributed by atoms with Gasteiger partial charge in [-0.15, -0.1) is 0 Å². The van der Waals surface area contributed by atoms with Gasteiger partial charge in [-0.3, -0.25) is 19.5 Å². The minimum absolute atomic E-state index is 0.0502. The first-order valence-corrected chi connectivity index (χ1v) is 10.6. The average Bonchev–Trinajstić information content (AvgIpc) is 3.23. The van der Waals surface area contributed by atoms with Crippen molar-refractivity contribution in [2.75, 3.05) is 11.1 Å². The molecule has 0 atom stereocenters. The molecule has 0 spiro atoms. The van der Waals surface area contributed by atoms with E-state index in [-0.39, 0.29) is 23.2 Å². The lowest BCUT2D eigenvalue weighted by Gasteiger charge is -2.12. The summed E-state index contributed by atoms with van der Waals surface area (Å²) in [5, 5.41) is 14.5. The molecule has 160 valence electrons. The summed E-state index contributed by atoms with van der Waals surface area (Å²) in [6.07, 6.45) is 1.58. The second-order valence-corrected chi connectivity index (χ2v) is 7.69. The summed E-state index contributed by atoms with van der Waals surface area (Å²) in [4.78, 5) is 27.5. The molecular weight excluding hydrogens is 431 g/mol. The molecule has 0 radical (unpaired) electrons. The van der Waals surface area contributed by atoms with Gasteiger partial charge in [-0.2, -0.15) is 0 Å². The van der Waals surface area contributed by atoms with Gasteiger partial charge in [0.1, 0.15) is 5.82 Å². The van der Waals surface area contributed by atoms with Crippen LogP contribution in [0.4, 0.5) is 15.8 Å². The molecule has 32 heavy (non-hydrogen) atoms. The maximum Gasteiger partial charge on any atom is 0.270 e. The molecule has 0 unspecified atom stereocenters. The number of nitro benzene ring substituents is 1. The number of halogens is 1. The second kappa shape index (κ2) is 9.44. The van der Waals surface area contributed by atoms with Crippen LogP contribution in [-0.4, -0.2) is 26.1 Å². The number of rotatable bonds is 7. The van der Waals surface area contributed by atoms with Crippen molar-refractivity contribution >= 4 is 29.0 Å². The molecule has 0 fully saturated rings. The van der Waals surface area contributed by atoms with Crippen LogP contribution in [0.5, 0.6) is 0 Å². The largest absolute Gasteiger partial charge is 0.325 e. The summed E-state index contributed by atoms with van der Waals surface area (Å²) in [5.41, 5.74) is 2.43. The summed E-state index contributed by atoms with van der Waals surface area (Å²) in [7, 11) is 0. The van der Waals surface area contributed by atoms with Crippen LogP contribution >= 0.6 is 11.8 Å². The van der Waals surface area contributed by atoms with E-state index >= 15 is 0 Å². The third-order valence-corrected chi connectivity index (χ3v) is 5.51. The predicted octanol–water partition coefficient (Wildman–Crippen LogP) is 5.32. The molecule has 0 aliphatic heterocycles. The van der Waals surface area contributed by atoms with Crippen molar-refractivity contribution in [2.24, 2.45) is 0 Å². The summed E-state index contributed by atoms with van der Waals surface area (Å²) < 4.78 is 15.2. The van der Waals surface area contributed by atoms with Crippen molar-refractivity contribution in [1.82, 2.24) is 9.55 Å². The third kappa shape index (κ3) is 4.84. The number of para-hydroxylation sites is 1. The van der Waals surface area contributed by atoms with Crippen molar-refractivity contribution in [3.8, 4) is 16.9 Å². The van der Waals surface area contributed by atoms with Crippen molar-refractivity contribution in [1.29, 1.82) is 0 Å². The maximum atomic E-state index is 13.5. The summed E-state index contributed by atoms with van der Waals surface area (Å²) >= 11 is 1.21. The monoisotopic (exact) mass is 448 g/mol. The first-order chi connectivity index (χ1) is 15.5. The molecule has 4 rings (SSSR count). The van der Waals surface area contributed by atoms with E-state index in [0.29, 0.717) is 27.8 Å². The van der Waals surface area contributed by atoms with Gasteiger partial charge in [-0.05, 0) is 36.4 Å². The molecule has 0 saturated heterocycles. The molecular formula is C23H17FN4O3S. The fraction of sp³-hybridized carbons (Fsp3) is 0.0435. The number of aromatic nitrogens is 2. The highest BCUT2D eigenvalue weighted by Gasteiger charge is 2.17. The van der Waals surface area contributed by atoms with Crippen molar-refractivity contribution in [3.63, 3.8) is 0 Å². The Kier molecular flexibility index (Phi) is 6.27. The summed E-state index contributed by atoms with van der Waals surface area (Å²) in [6, 6.07) is 21.1. The number of hydrogen-bond donors (Lipinski definition) is 1. The first-order valence-electron chi connectivity index (χ1n) is 9.57. The lowest BCUT2D eigenvalue weighted by Crippen LogP contribution is -2.14. The first kappa shape index (κ1) is 21.3. The Morgan fingerprint density at radius 3 is 2.53 bits per heavy atom. The van der Waals surface area contributed by atoms with E-state index in [1.54, 1.807) is 47.2 Å². The number of nitrogens with zero attached hydrogens (tertiary/aromatic N) is 3. The molecule has 1 aromatic heterocycles. The van der Waals surface area contributed by atoms with Gasteiger partial charge in [0.25, 0.3) is 5.69 Å². The topological polar surface area (TPSA) is 90.1 Å². The van der Waals surface area contributed by atoms with Crippen LogP contribution < -0.4 is 5.32 Å². The highest BCUT2D eigenvalue weighted by atomic mass is 32.2. The standard InChI is InChI=1S/C23H17FN4O3S/c24-17-9-11-19(12-10-17)27-21(16-5-4-8-20(13-16)28(30)31)14-25-23(27)32-15-22(29)26-18-6-2-1-3-7-18/h1-14H,15H2,(H,26,29). The number of non-ortho nitro benzene ring substituents is 1. The number of hydrogen-bond acceptors (Lipinski definition) is 5.